The fourth-order valence-corrected chi connectivity index (χ4v) is 1.24. The third kappa shape index (κ3) is 2.47. The van der Waals surface area contributed by atoms with E-state index in [1.807, 2.05) is 0 Å². The van der Waals surface area contributed by atoms with Gasteiger partial charge in [-0.25, -0.2) is 4.79 Å². The van der Waals surface area contributed by atoms with Crippen LogP contribution in [0.25, 0.3) is 11.1 Å². The van der Waals surface area contributed by atoms with Gasteiger partial charge in [0.15, 0.2) is 5.58 Å². The number of carboxylic acids is 1. The number of halogens is 3. The molecule has 0 amide bonds. The van der Waals surface area contributed by atoms with Gasteiger partial charge in [-0.15, -0.1) is 0 Å². The highest BCUT2D eigenvalue weighted by molar-refractivity contribution is 5.92. The Hall–Kier alpha value is -2.25. The lowest BCUT2D eigenvalue weighted by atomic mass is 10.2. The summed E-state index contributed by atoms with van der Waals surface area (Å²) in [7, 11) is 0. The Morgan fingerprint density at radius 1 is 1.41 bits per heavy atom. The van der Waals surface area contributed by atoms with E-state index in [0.717, 1.165) is 11.4 Å². The molecule has 0 bridgehead atoms. The molecular weight excluding hydrogens is 241 g/mol. The standard InChI is InChI=1S/C9H5F3N2O3/c10-9(11,12)14-8-13-5-3-4(7(15)16)1-2-6(5)17-8/h1-3H,(H,13,14)(H,15,16). The van der Waals surface area contributed by atoms with Gasteiger partial charge in [0.25, 0.3) is 0 Å². The summed E-state index contributed by atoms with van der Waals surface area (Å²) in [5, 5.41) is 9.78. The number of aromatic nitrogens is 1. The second-order valence-corrected chi connectivity index (χ2v) is 3.13. The van der Waals surface area contributed by atoms with Crippen LogP contribution >= 0.6 is 0 Å². The van der Waals surface area contributed by atoms with Gasteiger partial charge in [-0.1, -0.05) is 0 Å². The van der Waals surface area contributed by atoms with Gasteiger partial charge in [0.2, 0.25) is 0 Å². The molecule has 90 valence electrons. The molecule has 0 saturated carbocycles. The summed E-state index contributed by atoms with van der Waals surface area (Å²) in [6, 6.07) is 2.86. The Balaban J connectivity index is 2.40. The Bertz CT molecular complexity index is 576. The third-order valence-electron chi connectivity index (χ3n) is 1.88. The van der Waals surface area contributed by atoms with Crippen molar-refractivity contribution < 1.29 is 27.5 Å². The van der Waals surface area contributed by atoms with Crippen LogP contribution in [0.1, 0.15) is 10.4 Å². The van der Waals surface area contributed by atoms with Crippen molar-refractivity contribution in [3.05, 3.63) is 23.8 Å². The number of hydrogen-bond acceptors (Lipinski definition) is 4. The number of nitrogens with one attached hydrogen (secondary N) is 1. The normalized spacial score (nSPS) is 11.7. The van der Waals surface area contributed by atoms with Crippen LogP contribution < -0.4 is 5.32 Å². The van der Waals surface area contributed by atoms with E-state index in [1.54, 1.807) is 0 Å². The third-order valence-corrected chi connectivity index (χ3v) is 1.88. The SMILES string of the molecule is O=C(O)c1ccc2oc(NC(F)(F)F)nc2c1. The molecule has 0 fully saturated rings. The molecule has 17 heavy (non-hydrogen) atoms. The Labute approximate surface area is 91.9 Å². The molecule has 0 unspecified atom stereocenters. The highest BCUT2D eigenvalue weighted by Gasteiger charge is 2.29. The molecule has 2 aromatic rings. The fourth-order valence-electron chi connectivity index (χ4n) is 1.24. The number of anilines is 1. The number of hydrogen-bond donors (Lipinski definition) is 2. The number of aromatic carboxylic acids is 1. The first kappa shape index (κ1) is 11.2. The van der Waals surface area contributed by atoms with E-state index in [1.165, 1.54) is 12.1 Å². The number of alkyl halides is 3. The van der Waals surface area contributed by atoms with E-state index < -0.39 is 18.3 Å². The largest absolute Gasteiger partial charge is 0.485 e. The fraction of sp³-hybridized carbons (Fsp3) is 0.111. The lowest BCUT2D eigenvalue weighted by Crippen LogP contribution is -2.20. The smallest absolute Gasteiger partial charge is 0.478 e. The molecule has 1 heterocycles. The van der Waals surface area contributed by atoms with E-state index in [-0.39, 0.29) is 16.7 Å². The summed E-state index contributed by atoms with van der Waals surface area (Å²) in [6.45, 7) is 0. The number of rotatable bonds is 2. The lowest BCUT2D eigenvalue weighted by molar-refractivity contribution is -0.102. The van der Waals surface area contributed by atoms with E-state index in [0.29, 0.717) is 0 Å². The van der Waals surface area contributed by atoms with Crippen LogP contribution in [0.4, 0.5) is 19.2 Å². The van der Waals surface area contributed by atoms with Crippen molar-refractivity contribution in [3.63, 3.8) is 0 Å². The van der Waals surface area contributed by atoms with Crippen LogP contribution in [0.2, 0.25) is 0 Å². The first-order chi connectivity index (χ1) is 7.85. The molecule has 1 aromatic heterocycles. The zero-order chi connectivity index (χ0) is 12.6. The van der Waals surface area contributed by atoms with Crippen molar-refractivity contribution in [1.82, 2.24) is 4.98 Å². The zero-order valence-electron chi connectivity index (χ0n) is 8.08. The molecule has 0 radical (unpaired) electrons. The van der Waals surface area contributed by atoms with Crippen LogP contribution in [0.3, 0.4) is 0 Å². The molecule has 0 atom stereocenters. The number of fused-ring (bicyclic) bond motifs is 1. The van der Waals surface area contributed by atoms with Gasteiger partial charge in [-0.2, -0.15) is 18.2 Å². The Kier molecular flexibility index (Phi) is 2.41. The zero-order valence-corrected chi connectivity index (χ0v) is 8.08. The molecule has 0 aliphatic heterocycles. The topological polar surface area (TPSA) is 75.4 Å². The molecule has 0 aliphatic rings. The van der Waals surface area contributed by atoms with Crippen molar-refractivity contribution in [3.8, 4) is 0 Å². The number of carbonyl (C=O) groups is 1. The maximum atomic E-state index is 12.0. The average Bonchev–Trinajstić information content (AvgIpc) is 2.54. The average molecular weight is 246 g/mol. The van der Waals surface area contributed by atoms with Crippen molar-refractivity contribution in [1.29, 1.82) is 0 Å². The molecule has 8 heteroatoms. The number of nitrogens with zero attached hydrogens (tertiary/aromatic N) is 1. The highest BCUT2D eigenvalue weighted by Crippen LogP contribution is 2.24. The van der Waals surface area contributed by atoms with Crippen molar-refractivity contribution in [2.75, 3.05) is 5.32 Å². The maximum Gasteiger partial charge on any atom is 0.485 e. The second-order valence-electron chi connectivity index (χ2n) is 3.13. The summed E-state index contributed by atoms with van der Waals surface area (Å²) >= 11 is 0. The van der Waals surface area contributed by atoms with Crippen LogP contribution in [-0.4, -0.2) is 22.4 Å². The summed E-state index contributed by atoms with van der Waals surface area (Å²) in [6.07, 6.45) is -4.66. The second kappa shape index (κ2) is 3.65. The number of carboxylic acid groups (broad SMARTS) is 1. The van der Waals surface area contributed by atoms with Crippen LogP contribution in [0.15, 0.2) is 22.6 Å². The van der Waals surface area contributed by atoms with Crippen molar-refractivity contribution in [2.24, 2.45) is 0 Å². The molecule has 0 aliphatic carbocycles. The van der Waals surface area contributed by atoms with Crippen molar-refractivity contribution in [2.45, 2.75) is 6.30 Å². The van der Waals surface area contributed by atoms with Gasteiger partial charge in [0.05, 0.1) is 5.56 Å². The van der Waals surface area contributed by atoms with Crippen molar-refractivity contribution >= 4 is 23.1 Å². The van der Waals surface area contributed by atoms with Crippen LogP contribution in [0, 0.1) is 0 Å². The van der Waals surface area contributed by atoms with Gasteiger partial charge < -0.3 is 9.52 Å². The van der Waals surface area contributed by atoms with Gasteiger partial charge in [-0.3, -0.25) is 5.32 Å². The van der Waals surface area contributed by atoms with Crippen LogP contribution in [0.5, 0.6) is 0 Å². The molecule has 2 rings (SSSR count). The molecule has 2 N–H and O–H groups in total. The Morgan fingerprint density at radius 3 is 2.71 bits per heavy atom. The summed E-state index contributed by atoms with van der Waals surface area (Å²) in [4.78, 5) is 14.1. The summed E-state index contributed by atoms with van der Waals surface area (Å²) < 4.78 is 40.7. The molecular formula is C9H5F3N2O3. The van der Waals surface area contributed by atoms with Gasteiger partial charge in [-0.05, 0) is 18.2 Å². The minimum atomic E-state index is -4.66. The van der Waals surface area contributed by atoms with E-state index >= 15 is 0 Å². The quantitative estimate of drug-likeness (QED) is 0.796. The maximum absolute atomic E-state index is 12.0. The monoisotopic (exact) mass is 246 g/mol. The van der Waals surface area contributed by atoms with Gasteiger partial charge >= 0.3 is 18.3 Å². The predicted octanol–water partition coefficient (Wildman–Crippen LogP) is 2.46. The first-order valence-corrected chi connectivity index (χ1v) is 4.34. The van der Waals surface area contributed by atoms with E-state index in [4.69, 9.17) is 9.52 Å². The Morgan fingerprint density at radius 2 is 2.12 bits per heavy atom. The minimum Gasteiger partial charge on any atom is -0.478 e. The predicted molar refractivity (Wildman–Crippen MR) is 50.6 cm³/mol. The van der Waals surface area contributed by atoms with E-state index in [9.17, 15) is 18.0 Å². The van der Waals surface area contributed by atoms with Crippen LogP contribution in [-0.2, 0) is 0 Å². The number of oxazole rings is 1. The molecule has 0 spiro atoms. The molecule has 0 saturated heterocycles. The summed E-state index contributed by atoms with van der Waals surface area (Å²) in [5.41, 5.74) is 0.0303. The van der Waals surface area contributed by atoms with Gasteiger partial charge in [0, 0.05) is 0 Å². The first-order valence-electron chi connectivity index (χ1n) is 4.34. The number of benzene rings is 1. The minimum absolute atomic E-state index is 0.0386. The van der Waals surface area contributed by atoms with Gasteiger partial charge in [0.1, 0.15) is 5.52 Å². The highest BCUT2D eigenvalue weighted by atomic mass is 19.4. The van der Waals surface area contributed by atoms with E-state index in [2.05, 4.69) is 4.98 Å². The molecule has 5 nitrogen and oxygen atoms in total. The molecule has 1 aromatic carbocycles. The lowest BCUT2D eigenvalue weighted by Gasteiger charge is -2.03. The summed E-state index contributed by atoms with van der Waals surface area (Å²) in [5.74, 6) is -1.19.